The summed E-state index contributed by atoms with van der Waals surface area (Å²) in [5.41, 5.74) is 0.286. The van der Waals surface area contributed by atoms with Gasteiger partial charge in [0.15, 0.2) is 5.78 Å². The SMILES string of the molecule is CCOC(=O)CN(CCOC)S(=O)(=O)c1cccc(C(C)=O)c1. The van der Waals surface area contributed by atoms with Gasteiger partial charge in [-0.25, -0.2) is 8.42 Å². The Hall–Kier alpha value is -1.77. The molecule has 0 aliphatic carbocycles. The highest BCUT2D eigenvalue weighted by Gasteiger charge is 2.27. The third kappa shape index (κ3) is 5.42. The van der Waals surface area contributed by atoms with Gasteiger partial charge in [-0.05, 0) is 26.0 Å². The highest BCUT2D eigenvalue weighted by Crippen LogP contribution is 2.17. The fourth-order valence-corrected chi connectivity index (χ4v) is 3.27. The molecule has 0 N–H and O–H groups in total. The summed E-state index contributed by atoms with van der Waals surface area (Å²) >= 11 is 0. The van der Waals surface area contributed by atoms with Crippen LogP contribution in [0.25, 0.3) is 0 Å². The van der Waals surface area contributed by atoms with Crippen LogP contribution in [0.4, 0.5) is 0 Å². The molecule has 1 rings (SSSR count). The van der Waals surface area contributed by atoms with Crippen molar-refractivity contribution in [1.82, 2.24) is 4.31 Å². The Bertz CT molecular complexity index is 656. The first-order chi connectivity index (χ1) is 10.8. The molecule has 0 aliphatic heterocycles. The fourth-order valence-electron chi connectivity index (χ4n) is 1.85. The third-order valence-corrected chi connectivity index (χ3v) is 4.88. The first kappa shape index (κ1) is 19.3. The molecule has 0 bridgehead atoms. The molecule has 128 valence electrons. The van der Waals surface area contributed by atoms with E-state index in [1.807, 2.05) is 0 Å². The van der Waals surface area contributed by atoms with E-state index in [-0.39, 0.29) is 36.0 Å². The predicted octanol–water partition coefficient (Wildman–Crippen LogP) is 1.09. The molecule has 0 saturated heterocycles. The van der Waals surface area contributed by atoms with E-state index < -0.39 is 22.5 Å². The Labute approximate surface area is 136 Å². The number of carbonyl (C=O) groups is 2. The van der Waals surface area contributed by atoms with Gasteiger partial charge in [0.1, 0.15) is 6.54 Å². The maximum atomic E-state index is 12.7. The molecular weight excluding hydrogens is 322 g/mol. The first-order valence-electron chi connectivity index (χ1n) is 7.08. The van der Waals surface area contributed by atoms with E-state index >= 15 is 0 Å². The normalized spacial score (nSPS) is 11.5. The topological polar surface area (TPSA) is 90.0 Å². The smallest absolute Gasteiger partial charge is 0.321 e. The van der Waals surface area contributed by atoms with Crippen molar-refractivity contribution in [2.24, 2.45) is 0 Å². The summed E-state index contributed by atoms with van der Waals surface area (Å²) in [6, 6.07) is 5.70. The third-order valence-electron chi connectivity index (χ3n) is 3.03. The van der Waals surface area contributed by atoms with Gasteiger partial charge in [-0.2, -0.15) is 4.31 Å². The van der Waals surface area contributed by atoms with Crippen molar-refractivity contribution < 1.29 is 27.5 Å². The van der Waals surface area contributed by atoms with Crippen LogP contribution in [0.1, 0.15) is 24.2 Å². The van der Waals surface area contributed by atoms with Gasteiger partial charge in [0.25, 0.3) is 0 Å². The van der Waals surface area contributed by atoms with Crippen LogP contribution in [0.15, 0.2) is 29.2 Å². The van der Waals surface area contributed by atoms with Gasteiger partial charge in [0.05, 0.1) is 18.1 Å². The number of ether oxygens (including phenoxy) is 2. The minimum Gasteiger partial charge on any atom is -0.465 e. The zero-order valence-corrected chi connectivity index (χ0v) is 14.3. The Kier molecular flexibility index (Phi) is 7.34. The average molecular weight is 343 g/mol. The molecule has 0 radical (unpaired) electrons. The largest absolute Gasteiger partial charge is 0.465 e. The Morgan fingerprint density at radius 1 is 1.26 bits per heavy atom. The molecule has 0 heterocycles. The van der Waals surface area contributed by atoms with Gasteiger partial charge in [0.2, 0.25) is 10.0 Å². The van der Waals surface area contributed by atoms with Gasteiger partial charge in [-0.3, -0.25) is 9.59 Å². The van der Waals surface area contributed by atoms with Crippen molar-refractivity contribution in [3.05, 3.63) is 29.8 Å². The van der Waals surface area contributed by atoms with Gasteiger partial charge in [-0.15, -0.1) is 0 Å². The summed E-state index contributed by atoms with van der Waals surface area (Å²) in [7, 11) is -2.51. The second kappa shape index (κ2) is 8.76. The van der Waals surface area contributed by atoms with Crippen molar-refractivity contribution >= 4 is 21.8 Å². The van der Waals surface area contributed by atoms with Crippen molar-refractivity contribution in [3.8, 4) is 0 Å². The minimum absolute atomic E-state index is 0.00193. The molecule has 7 nitrogen and oxygen atoms in total. The zero-order valence-electron chi connectivity index (χ0n) is 13.4. The molecule has 0 saturated carbocycles. The number of methoxy groups -OCH3 is 1. The van der Waals surface area contributed by atoms with Crippen LogP contribution in [0.5, 0.6) is 0 Å². The lowest BCUT2D eigenvalue weighted by Gasteiger charge is -2.21. The fraction of sp³-hybridized carbons (Fsp3) is 0.467. The lowest BCUT2D eigenvalue weighted by Crippen LogP contribution is -2.38. The van der Waals surface area contributed by atoms with Crippen molar-refractivity contribution in [2.75, 3.05) is 33.4 Å². The Morgan fingerprint density at radius 2 is 1.96 bits per heavy atom. The molecule has 0 amide bonds. The molecule has 0 spiro atoms. The molecule has 1 aromatic carbocycles. The monoisotopic (exact) mass is 343 g/mol. The highest BCUT2D eigenvalue weighted by atomic mass is 32.2. The van der Waals surface area contributed by atoms with E-state index in [1.165, 1.54) is 38.3 Å². The van der Waals surface area contributed by atoms with Crippen LogP contribution in [0.3, 0.4) is 0 Å². The van der Waals surface area contributed by atoms with Crippen LogP contribution < -0.4 is 0 Å². The summed E-state index contributed by atoms with van der Waals surface area (Å²) in [4.78, 5) is 23.0. The van der Waals surface area contributed by atoms with Crippen molar-refractivity contribution in [3.63, 3.8) is 0 Å². The number of rotatable bonds is 9. The Balaban J connectivity index is 3.13. The van der Waals surface area contributed by atoms with E-state index in [2.05, 4.69) is 0 Å². The predicted molar refractivity (Wildman–Crippen MR) is 83.7 cm³/mol. The first-order valence-corrected chi connectivity index (χ1v) is 8.52. The summed E-state index contributed by atoms with van der Waals surface area (Å²) in [6.07, 6.45) is 0. The minimum atomic E-state index is -3.94. The van der Waals surface area contributed by atoms with Crippen molar-refractivity contribution in [1.29, 1.82) is 0 Å². The lowest BCUT2D eigenvalue weighted by molar-refractivity contribution is -0.143. The quantitative estimate of drug-likeness (QED) is 0.492. The second-order valence-corrected chi connectivity index (χ2v) is 6.66. The van der Waals surface area contributed by atoms with Crippen LogP contribution in [-0.2, 0) is 24.3 Å². The molecule has 8 heteroatoms. The average Bonchev–Trinajstić information content (AvgIpc) is 2.51. The standard InChI is InChI=1S/C15H21NO6S/c1-4-22-15(18)11-16(8-9-21-3)23(19,20)14-7-5-6-13(10-14)12(2)17/h5-7,10H,4,8-9,11H2,1-3H3. The van der Waals surface area contributed by atoms with Crippen LogP contribution in [0.2, 0.25) is 0 Å². The number of ketones is 1. The van der Waals surface area contributed by atoms with Crippen molar-refractivity contribution in [2.45, 2.75) is 18.7 Å². The maximum absolute atomic E-state index is 12.7. The number of sulfonamides is 1. The number of nitrogens with zero attached hydrogens (tertiary/aromatic N) is 1. The van der Waals surface area contributed by atoms with E-state index in [1.54, 1.807) is 6.92 Å². The highest BCUT2D eigenvalue weighted by molar-refractivity contribution is 7.89. The zero-order chi connectivity index (χ0) is 17.5. The number of esters is 1. The maximum Gasteiger partial charge on any atom is 0.321 e. The molecule has 1 aromatic rings. The summed E-state index contributed by atoms with van der Waals surface area (Å²) in [5.74, 6) is -0.884. The number of hydrogen-bond donors (Lipinski definition) is 0. The molecule has 0 aliphatic rings. The molecule has 0 unspecified atom stereocenters. The molecular formula is C15H21NO6S. The van der Waals surface area contributed by atoms with Gasteiger partial charge in [0, 0.05) is 19.2 Å². The van der Waals surface area contributed by atoms with Gasteiger partial charge >= 0.3 is 5.97 Å². The molecule has 0 fully saturated rings. The van der Waals surface area contributed by atoms with Crippen LogP contribution in [0, 0.1) is 0 Å². The molecule has 0 aromatic heterocycles. The van der Waals surface area contributed by atoms with Crippen LogP contribution >= 0.6 is 0 Å². The number of benzene rings is 1. The van der Waals surface area contributed by atoms with Crippen LogP contribution in [-0.4, -0.2) is 57.9 Å². The summed E-state index contributed by atoms with van der Waals surface area (Å²) in [5, 5.41) is 0. The van der Waals surface area contributed by atoms with E-state index in [9.17, 15) is 18.0 Å². The number of Topliss-reactive ketones (excluding diaryl/α,β-unsaturated/α-hetero) is 1. The molecule has 23 heavy (non-hydrogen) atoms. The van der Waals surface area contributed by atoms with E-state index in [0.29, 0.717) is 0 Å². The van der Waals surface area contributed by atoms with Gasteiger partial charge in [-0.1, -0.05) is 12.1 Å². The van der Waals surface area contributed by atoms with Gasteiger partial charge < -0.3 is 9.47 Å². The van der Waals surface area contributed by atoms with E-state index in [4.69, 9.17) is 9.47 Å². The Morgan fingerprint density at radius 3 is 2.52 bits per heavy atom. The summed E-state index contributed by atoms with van der Waals surface area (Å²) in [6.45, 7) is 2.88. The summed E-state index contributed by atoms with van der Waals surface area (Å²) < 4.78 is 36.1. The number of carbonyl (C=O) groups excluding carboxylic acids is 2. The lowest BCUT2D eigenvalue weighted by atomic mass is 10.2. The second-order valence-electron chi connectivity index (χ2n) is 4.72. The molecule has 0 atom stereocenters. The number of hydrogen-bond acceptors (Lipinski definition) is 6. The van der Waals surface area contributed by atoms with E-state index in [0.717, 1.165) is 4.31 Å².